The fraction of sp³-hybridized carbons (Fsp3) is 0.300. The Kier molecular flexibility index (Phi) is 7.69. The highest BCUT2D eigenvalue weighted by atomic mass is 32.1. The number of hydrogen-bond donors (Lipinski definition) is 3. The Morgan fingerprint density at radius 1 is 1.22 bits per heavy atom. The normalized spacial score (nSPS) is 11.6. The number of aliphatic hydroxyl groups is 1. The van der Waals surface area contributed by atoms with Crippen molar-refractivity contribution in [3.63, 3.8) is 0 Å². The lowest BCUT2D eigenvalue weighted by molar-refractivity contribution is 0.267. The smallest absolute Gasteiger partial charge is 0.161 e. The summed E-state index contributed by atoms with van der Waals surface area (Å²) in [6.45, 7) is 2.44. The van der Waals surface area contributed by atoms with Gasteiger partial charge in [0.05, 0.1) is 29.7 Å². The van der Waals surface area contributed by atoms with Gasteiger partial charge in [0.15, 0.2) is 5.75 Å². The lowest BCUT2D eigenvalue weighted by Crippen LogP contribution is -2.24. The molecule has 144 valence electrons. The van der Waals surface area contributed by atoms with Gasteiger partial charge in [-0.15, -0.1) is 0 Å². The number of anilines is 2. The highest BCUT2D eigenvalue weighted by Crippen LogP contribution is 2.27. The van der Waals surface area contributed by atoms with Crippen molar-refractivity contribution in [2.24, 2.45) is 0 Å². The van der Waals surface area contributed by atoms with Gasteiger partial charge in [0.1, 0.15) is 12.4 Å². The van der Waals surface area contributed by atoms with Crippen LogP contribution >= 0.6 is 13.5 Å². The maximum Gasteiger partial charge on any atom is 0.161 e. The van der Waals surface area contributed by atoms with Crippen molar-refractivity contribution in [3.05, 3.63) is 54.4 Å². The summed E-state index contributed by atoms with van der Waals surface area (Å²) in [5.74, 6) is 0.987. The number of nitrogen functional groups attached to an aromatic ring is 1. The molecule has 0 unspecified atom stereocenters. The van der Waals surface area contributed by atoms with Crippen LogP contribution in [0.15, 0.2) is 48.7 Å². The molecule has 2 aromatic heterocycles. The van der Waals surface area contributed by atoms with E-state index in [1.165, 1.54) is 0 Å². The molecule has 0 spiro atoms. The number of benzene rings is 1. The topological polar surface area (TPSA) is 93.3 Å². The molecule has 0 bridgehead atoms. The minimum absolute atomic E-state index is 0. The zero-order valence-corrected chi connectivity index (χ0v) is 16.4. The molecule has 6 nitrogen and oxygen atoms in total. The summed E-state index contributed by atoms with van der Waals surface area (Å²) in [5.41, 5.74) is 8.30. The Bertz CT molecular complexity index is 875. The second-order valence-corrected chi connectivity index (χ2v) is 6.20. The minimum atomic E-state index is -0.0528. The quantitative estimate of drug-likeness (QED) is 0.549. The summed E-state index contributed by atoms with van der Waals surface area (Å²) < 4.78 is 5.93. The summed E-state index contributed by atoms with van der Waals surface area (Å²) in [6.07, 6.45) is 3.42. The number of aliphatic hydroxyl groups excluding tert-OH is 1. The molecule has 2 heterocycles. The third kappa shape index (κ3) is 5.48. The fourth-order valence-corrected chi connectivity index (χ4v) is 2.80. The van der Waals surface area contributed by atoms with E-state index in [9.17, 15) is 5.11 Å². The van der Waals surface area contributed by atoms with Gasteiger partial charge >= 0.3 is 0 Å². The molecule has 0 saturated carbocycles. The van der Waals surface area contributed by atoms with Crippen LogP contribution in [-0.2, 0) is 6.61 Å². The van der Waals surface area contributed by atoms with Crippen LogP contribution in [0, 0.1) is 0 Å². The van der Waals surface area contributed by atoms with Crippen molar-refractivity contribution >= 4 is 35.9 Å². The van der Waals surface area contributed by atoms with E-state index in [2.05, 4.69) is 22.2 Å². The summed E-state index contributed by atoms with van der Waals surface area (Å²) in [4.78, 5) is 8.72. The summed E-state index contributed by atoms with van der Waals surface area (Å²) >= 11 is 0. The number of hydrogen-bond acceptors (Lipinski definition) is 6. The average molecular weight is 387 g/mol. The van der Waals surface area contributed by atoms with Crippen LogP contribution in [0.3, 0.4) is 0 Å². The Morgan fingerprint density at radius 3 is 2.81 bits per heavy atom. The van der Waals surface area contributed by atoms with Crippen molar-refractivity contribution in [2.75, 3.05) is 17.7 Å². The van der Waals surface area contributed by atoms with Crippen LogP contribution in [0.4, 0.5) is 11.5 Å². The number of pyridine rings is 2. The van der Waals surface area contributed by atoms with Crippen LogP contribution in [0.25, 0.3) is 10.9 Å². The SMILES string of the molecule is CCC[C@@H](CO)Nc1cc(N)ncc1OCc1ccc2ccccc2n1.S. The number of fused-ring (bicyclic) bond motifs is 1. The van der Waals surface area contributed by atoms with Gasteiger partial charge in [0.2, 0.25) is 0 Å². The second-order valence-electron chi connectivity index (χ2n) is 6.20. The lowest BCUT2D eigenvalue weighted by atomic mass is 10.1. The van der Waals surface area contributed by atoms with Gasteiger partial charge in [0, 0.05) is 17.5 Å². The number of rotatable bonds is 8. The fourth-order valence-electron chi connectivity index (χ4n) is 2.80. The van der Waals surface area contributed by atoms with Gasteiger partial charge in [-0.1, -0.05) is 37.6 Å². The van der Waals surface area contributed by atoms with Gasteiger partial charge < -0.3 is 20.9 Å². The molecule has 3 rings (SSSR count). The molecular weight excluding hydrogens is 360 g/mol. The highest BCUT2D eigenvalue weighted by molar-refractivity contribution is 7.59. The molecule has 4 N–H and O–H groups in total. The first-order chi connectivity index (χ1) is 12.7. The minimum Gasteiger partial charge on any atom is -0.483 e. The maximum atomic E-state index is 9.53. The number of nitrogens with zero attached hydrogens (tertiary/aromatic N) is 2. The largest absolute Gasteiger partial charge is 0.483 e. The molecular formula is C20H26N4O2S. The average Bonchev–Trinajstić information content (AvgIpc) is 2.67. The number of nitrogens with one attached hydrogen (secondary N) is 1. The Balaban J connectivity index is 0.00000261. The van der Waals surface area contributed by atoms with Gasteiger partial charge in [0.25, 0.3) is 0 Å². The van der Waals surface area contributed by atoms with E-state index in [-0.39, 0.29) is 26.1 Å². The van der Waals surface area contributed by atoms with E-state index in [0.717, 1.165) is 35.1 Å². The monoisotopic (exact) mass is 386 g/mol. The Morgan fingerprint density at radius 2 is 2.04 bits per heavy atom. The van der Waals surface area contributed by atoms with E-state index in [0.29, 0.717) is 18.2 Å². The van der Waals surface area contributed by atoms with Crippen LogP contribution in [0.2, 0.25) is 0 Å². The van der Waals surface area contributed by atoms with E-state index in [4.69, 9.17) is 10.5 Å². The Hall–Kier alpha value is -2.51. The Labute approximate surface area is 166 Å². The van der Waals surface area contributed by atoms with E-state index in [1.54, 1.807) is 12.3 Å². The van der Waals surface area contributed by atoms with Crippen molar-refractivity contribution in [2.45, 2.75) is 32.4 Å². The number of ether oxygens (including phenoxy) is 1. The second kappa shape index (κ2) is 9.99. The van der Waals surface area contributed by atoms with E-state index in [1.807, 2.05) is 36.4 Å². The van der Waals surface area contributed by atoms with Crippen molar-refractivity contribution in [1.29, 1.82) is 0 Å². The molecule has 0 aliphatic carbocycles. The molecule has 0 aliphatic rings. The number of nitrogens with two attached hydrogens (primary N) is 1. The van der Waals surface area contributed by atoms with Gasteiger partial charge in [-0.05, 0) is 18.6 Å². The summed E-state index contributed by atoms with van der Waals surface area (Å²) in [6, 6.07) is 13.6. The van der Waals surface area contributed by atoms with Gasteiger partial charge in [-0.25, -0.2) is 9.97 Å². The highest BCUT2D eigenvalue weighted by Gasteiger charge is 2.12. The van der Waals surface area contributed by atoms with Crippen LogP contribution in [0.5, 0.6) is 5.75 Å². The molecule has 1 atom stereocenters. The molecule has 0 aliphatic heterocycles. The molecule has 7 heteroatoms. The summed E-state index contributed by atoms with van der Waals surface area (Å²) in [7, 11) is 0. The van der Waals surface area contributed by atoms with Crippen LogP contribution in [-0.4, -0.2) is 27.7 Å². The maximum absolute atomic E-state index is 9.53. The molecule has 0 radical (unpaired) electrons. The molecule has 1 aromatic carbocycles. The van der Waals surface area contributed by atoms with Crippen molar-refractivity contribution in [3.8, 4) is 5.75 Å². The van der Waals surface area contributed by atoms with E-state index < -0.39 is 0 Å². The zero-order valence-electron chi connectivity index (χ0n) is 15.4. The molecule has 0 saturated heterocycles. The molecule has 27 heavy (non-hydrogen) atoms. The third-order valence-corrected chi connectivity index (χ3v) is 4.14. The molecule has 3 aromatic rings. The standard InChI is InChI=1S/C20H24N4O2.H2S/c1-2-5-15(12-25)23-18-10-20(21)22-11-19(18)26-13-16-9-8-14-6-3-4-7-17(14)24-16;/h3-4,6-11,15,25H,2,5,12-13H2,1H3,(H3,21,22,23);1H2/t15-;/m0./s1. The van der Waals surface area contributed by atoms with Crippen LogP contribution < -0.4 is 15.8 Å². The third-order valence-electron chi connectivity index (χ3n) is 4.14. The van der Waals surface area contributed by atoms with E-state index >= 15 is 0 Å². The number of para-hydroxylation sites is 1. The van der Waals surface area contributed by atoms with Gasteiger partial charge in [-0.3, -0.25) is 0 Å². The first-order valence-electron chi connectivity index (χ1n) is 8.80. The van der Waals surface area contributed by atoms with Crippen LogP contribution in [0.1, 0.15) is 25.5 Å². The van der Waals surface area contributed by atoms with Gasteiger partial charge in [-0.2, -0.15) is 13.5 Å². The summed E-state index contributed by atoms with van der Waals surface area (Å²) in [5, 5.41) is 13.9. The lowest BCUT2D eigenvalue weighted by Gasteiger charge is -2.19. The predicted molar refractivity (Wildman–Crippen MR) is 115 cm³/mol. The number of aromatic nitrogens is 2. The predicted octanol–water partition coefficient (Wildman–Crippen LogP) is 3.48. The molecule has 0 amide bonds. The first kappa shape index (κ1) is 20.8. The first-order valence-corrected chi connectivity index (χ1v) is 8.80. The molecule has 0 fully saturated rings. The van der Waals surface area contributed by atoms with Crippen molar-refractivity contribution < 1.29 is 9.84 Å². The zero-order chi connectivity index (χ0) is 18.4. The van der Waals surface area contributed by atoms with Crippen molar-refractivity contribution in [1.82, 2.24) is 9.97 Å².